The average molecular weight is 352 g/mol. The van der Waals surface area contributed by atoms with Crippen molar-refractivity contribution in [1.82, 2.24) is 24.5 Å². The van der Waals surface area contributed by atoms with E-state index in [1.165, 1.54) is 6.20 Å². The van der Waals surface area contributed by atoms with E-state index in [1.807, 2.05) is 22.9 Å². The van der Waals surface area contributed by atoms with Crippen LogP contribution in [0.4, 0.5) is 5.82 Å². The maximum Gasteiger partial charge on any atom is 0.343 e. The van der Waals surface area contributed by atoms with E-state index in [4.69, 9.17) is 4.74 Å². The first-order valence-corrected chi connectivity index (χ1v) is 8.42. The molecule has 0 aliphatic carbocycles. The fraction of sp³-hybridized carbons (Fsp3) is 0.278. The van der Waals surface area contributed by atoms with Gasteiger partial charge in [-0.2, -0.15) is 0 Å². The molecule has 1 N–H and O–H groups in total. The lowest BCUT2D eigenvalue weighted by atomic mass is 10.2. The van der Waals surface area contributed by atoms with Gasteiger partial charge in [0.2, 0.25) is 0 Å². The molecule has 0 fully saturated rings. The van der Waals surface area contributed by atoms with Crippen LogP contribution in [-0.4, -0.2) is 43.6 Å². The van der Waals surface area contributed by atoms with E-state index >= 15 is 0 Å². The number of hydrogen-bond acceptors (Lipinski definition) is 7. The van der Waals surface area contributed by atoms with E-state index in [-0.39, 0.29) is 0 Å². The maximum atomic E-state index is 12.2. The van der Waals surface area contributed by atoms with Crippen molar-refractivity contribution in [3.63, 3.8) is 0 Å². The molecule has 8 nitrogen and oxygen atoms in total. The lowest BCUT2D eigenvalue weighted by molar-refractivity contribution is 0.0526. The number of hydrogen-bond donors (Lipinski definition) is 1. The zero-order valence-electron chi connectivity index (χ0n) is 14.5. The number of nitrogens with zero attached hydrogens (tertiary/aromatic N) is 5. The van der Waals surface area contributed by atoms with Crippen molar-refractivity contribution in [2.24, 2.45) is 0 Å². The first-order valence-electron chi connectivity index (χ1n) is 8.42. The van der Waals surface area contributed by atoms with Gasteiger partial charge in [-0.3, -0.25) is 4.98 Å². The number of esters is 1. The lowest BCUT2D eigenvalue weighted by Crippen LogP contribution is -2.14. The summed E-state index contributed by atoms with van der Waals surface area (Å²) in [4.78, 5) is 29.0. The summed E-state index contributed by atoms with van der Waals surface area (Å²) in [5, 5.41) is 3.22. The van der Waals surface area contributed by atoms with Crippen molar-refractivity contribution in [3.05, 3.63) is 55.0 Å². The summed E-state index contributed by atoms with van der Waals surface area (Å²) < 4.78 is 7.09. The first kappa shape index (κ1) is 17.5. The molecule has 3 aromatic heterocycles. The number of carbonyl (C=O) groups is 1. The predicted octanol–water partition coefficient (Wildman–Crippen LogP) is 2.41. The van der Waals surface area contributed by atoms with Crippen molar-refractivity contribution in [2.45, 2.75) is 19.9 Å². The summed E-state index contributed by atoms with van der Waals surface area (Å²) in [6.07, 6.45) is 11.1. The number of imidazole rings is 1. The van der Waals surface area contributed by atoms with Crippen molar-refractivity contribution in [2.75, 3.05) is 18.5 Å². The smallest absolute Gasteiger partial charge is 0.343 e. The van der Waals surface area contributed by atoms with Crippen LogP contribution in [0, 0.1) is 0 Å². The van der Waals surface area contributed by atoms with E-state index in [2.05, 4.69) is 25.3 Å². The Bertz CT molecular complexity index is 836. The molecule has 0 amide bonds. The van der Waals surface area contributed by atoms with Crippen LogP contribution in [-0.2, 0) is 11.3 Å². The number of carbonyl (C=O) groups excluding carboxylic acids is 1. The van der Waals surface area contributed by atoms with Crippen molar-refractivity contribution >= 4 is 11.8 Å². The molecule has 3 aromatic rings. The van der Waals surface area contributed by atoms with Gasteiger partial charge in [0.15, 0.2) is 5.82 Å². The van der Waals surface area contributed by atoms with E-state index in [0.29, 0.717) is 30.4 Å². The lowest BCUT2D eigenvalue weighted by Gasteiger charge is -2.12. The van der Waals surface area contributed by atoms with Gasteiger partial charge in [-0.25, -0.2) is 19.7 Å². The van der Waals surface area contributed by atoms with E-state index < -0.39 is 5.97 Å². The number of pyridine rings is 1. The molecule has 0 aromatic carbocycles. The van der Waals surface area contributed by atoms with Crippen molar-refractivity contribution in [3.8, 4) is 11.4 Å². The number of nitrogens with one attached hydrogen (secondary N) is 1. The SMILES string of the molecule is CCOC(=O)c1cnc(-c2cccnc2)nc1NCCCn1ccnc1. The summed E-state index contributed by atoms with van der Waals surface area (Å²) in [5.41, 5.74) is 1.10. The van der Waals surface area contributed by atoms with Crippen LogP contribution in [0.2, 0.25) is 0 Å². The van der Waals surface area contributed by atoms with Crippen LogP contribution in [0.1, 0.15) is 23.7 Å². The van der Waals surface area contributed by atoms with Gasteiger partial charge in [0.25, 0.3) is 0 Å². The normalized spacial score (nSPS) is 10.5. The van der Waals surface area contributed by atoms with Gasteiger partial charge in [0, 0.05) is 49.6 Å². The highest BCUT2D eigenvalue weighted by atomic mass is 16.5. The molecule has 3 heterocycles. The molecular formula is C18H20N6O2. The standard InChI is InChI=1S/C18H20N6O2/c1-2-26-18(25)15-12-22-16(14-5-3-6-19-11-14)23-17(15)21-7-4-9-24-10-8-20-13-24/h3,5-6,8,10-13H,2,4,7,9H2,1H3,(H,21,22,23). The van der Waals surface area contributed by atoms with E-state index in [0.717, 1.165) is 18.5 Å². The number of ether oxygens (including phenoxy) is 1. The molecule has 0 spiro atoms. The Labute approximate surface area is 151 Å². The molecule has 0 radical (unpaired) electrons. The van der Waals surface area contributed by atoms with Crippen LogP contribution in [0.25, 0.3) is 11.4 Å². The van der Waals surface area contributed by atoms with Gasteiger partial charge in [-0.1, -0.05) is 0 Å². The Morgan fingerprint density at radius 3 is 2.92 bits per heavy atom. The third-order valence-corrected chi connectivity index (χ3v) is 3.65. The van der Waals surface area contributed by atoms with Gasteiger partial charge in [0.05, 0.1) is 12.9 Å². The Kier molecular flexibility index (Phi) is 5.87. The molecule has 0 unspecified atom stereocenters. The van der Waals surface area contributed by atoms with Crippen LogP contribution < -0.4 is 5.32 Å². The van der Waals surface area contributed by atoms with Gasteiger partial charge >= 0.3 is 5.97 Å². The summed E-state index contributed by atoms with van der Waals surface area (Å²) in [5.74, 6) is 0.522. The number of aryl methyl sites for hydroxylation is 1. The maximum absolute atomic E-state index is 12.2. The highest BCUT2D eigenvalue weighted by Crippen LogP contribution is 2.19. The quantitative estimate of drug-likeness (QED) is 0.491. The van der Waals surface area contributed by atoms with Gasteiger partial charge in [0.1, 0.15) is 11.4 Å². The summed E-state index contributed by atoms with van der Waals surface area (Å²) in [6.45, 7) is 3.53. The largest absolute Gasteiger partial charge is 0.462 e. The third-order valence-electron chi connectivity index (χ3n) is 3.65. The first-order chi connectivity index (χ1) is 12.8. The fourth-order valence-electron chi connectivity index (χ4n) is 2.40. The number of aromatic nitrogens is 5. The molecular weight excluding hydrogens is 332 g/mol. The molecule has 3 rings (SSSR count). The molecule has 0 atom stereocenters. The van der Waals surface area contributed by atoms with Gasteiger partial charge < -0.3 is 14.6 Å². The fourth-order valence-corrected chi connectivity index (χ4v) is 2.40. The molecule has 0 aliphatic rings. The summed E-state index contributed by atoms with van der Waals surface area (Å²) >= 11 is 0. The minimum absolute atomic E-state index is 0.295. The van der Waals surface area contributed by atoms with E-state index in [1.54, 1.807) is 31.8 Å². The Hall–Kier alpha value is -3.29. The average Bonchev–Trinajstić information content (AvgIpc) is 3.19. The van der Waals surface area contributed by atoms with Crippen LogP contribution in [0.3, 0.4) is 0 Å². The zero-order valence-corrected chi connectivity index (χ0v) is 14.5. The second-order valence-corrected chi connectivity index (χ2v) is 5.50. The van der Waals surface area contributed by atoms with Crippen LogP contribution >= 0.6 is 0 Å². The number of anilines is 1. The summed E-state index contributed by atoms with van der Waals surface area (Å²) in [6, 6.07) is 3.69. The minimum Gasteiger partial charge on any atom is -0.462 e. The molecule has 8 heteroatoms. The highest BCUT2D eigenvalue weighted by molar-refractivity contribution is 5.94. The molecule has 0 bridgehead atoms. The monoisotopic (exact) mass is 352 g/mol. The molecule has 134 valence electrons. The predicted molar refractivity (Wildman–Crippen MR) is 96.6 cm³/mol. The minimum atomic E-state index is -0.442. The number of rotatable bonds is 8. The molecule has 26 heavy (non-hydrogen) atoms. The molecule has 0 aliphatic heterocycles. The van der Waals surface area contributed by atoms with Crippen molar-refractivity contribution < 1.29 is 9.53 Å². The topological polar surface area (TPSA) is 94.8 Å². The van der Waals surface area contributed by atoms with Crippen LogP contribution in [0.5, 0.6) is 0 Å². The third kappa shape index (κ3) is 4.41. The Morgan fingerprint density at radius 2 is 2.19 bits per heavy atom. The second kappa shape index (κ2) is 8.70. The zero-order chi connectivity index (χ0) is 18.2. The van der Waals surface area contributed by atoms with Gasteiger partial charge in [-0.15, -0.1) is 0 Å². The van der Waals surface area contributed by atoms with Crippen molar-refractivity contribution in [1.29, 1.82) is 0 Å². The molecule has 0 saturated heterocycles. The Balaban J connectivity index is 1.75. The summed E-state index contributed by atoms with van der Waals surface area (Å²) in [7, 11) is 0. The van der Waals surface area contributed by atoms with E-state index in [9.17, 15) is 4.79 Å². The highest BCUT2D eigenvalue weighted by Gasteiger charge is 2.16. The Morgan fingerprint density at radius 1 is 1.27 bits per heavy atom. The second-order valence-electron chi connectivity index (χ2n) is 5.50. The van der Waals surface area contributed by atoms with Gasteiger partial charge in [-0.05, 0) is 25.5 Å². The van der Waals surface area contributed by atoms with Crippen LogP contribution in [0.15, 0.2) is 49.4 Å². The molecule has 0 saturated carbocycles.